The molecule has 90 valence electrons. The second-order valence-corrected chi connectivity index (χ2v) is 4.11. The van der Waals surface area contributed by atoms with Gasteiger partial charge in [-0.2, -0.15) is 5.26 Å². The number of nitrogens with one attached hydrogen (secondary N) is 1. The number of carbonyl (C=O) groups is 1. The zero-order chi connectivity index (χ0) is 12.7. The Morgan fingerprint density at radius 2 is 2.12 bits per heavy atom. The first-order chi connectivity index (χ1) is 8.11. The highest BCUT2D eigenvalue weighted by molar-refractivity contribution is 5.66. The monoisotopic (exact) mass is 232 g/mol. The van der Waals surface area contributed by atoms with E-state index < -0.39 is 5.97 Å². The van der Waals surface area contributed by atoms with Gasteiger partial charge in [0.15, 0.2) is 0 Å². The lowest BCUT2D eigenvalue weighted by atomic mass is 10.1. The smallest absolute Gasteiger partial charge is 0.303 e. The molecule has 1 aromatic carbocycles. The fraction of sp³-hybridized carbons (Fsp3) is 0.385. The van der Waals surface area contributed by atoms with Gasteiger partial charge in [-0.15, -0.1) is 0 Å². The molecule has 4 nitrogen and oxygen atoms in total. The fourth-order valence-electron chi connectivity index (χ4n) is 1.43. The average molecular weight is 232 g/mol. The normalized spacial score (nSPS) is 11.5. The van der Waals surface area contributed by atoms with E-state index in [0.29, 0.717) is 17.9 Å². The van der Waals surface area contributed by atoms with Gasteiger partial charge in [0.25, 0.3) is 0 Å². The van der Waals surface area contributed by atoms with Gasteiger partial charge in [-0.25, -0.2) is 0 Å². The third-order valence-electron chi connectivity index (χ3n) is 2.52. The van der Waals surface area contributed by atoms with E-state index in [-0.39, 0.29) is 6.42 Å². The molecule has 1 rings (SSSR count). The Balaban J connectivity index is 2.34. The van der Waals surface area contributed by atoms with E-state index in [1.54, 1.807) is 12.1 Å². The summed E-state index contributed by atoms with van der Waals surface area (Å²) >= 11 is 0. The maximum Gasteiger partial charge on any atom is 0.303 e. The van der Waals surface area contributed by atoms with Crippen LogP contribution in [0.1, 0.15) is 25.3 Å². The lowest BCUT2D eigenvalue weighted by Gasteiger charge is -2.12. The molecule has 0 aliphatic rings. The number of hydrogen-bond acceptors (Lipinski definition) is 3. The molecule has 0 aliphatic carbocycles. The van der Waals surface area contributed by atoms with Crippen LogP contribution in [0.25, 0.3) is 0 Å². The Kier molecular flexibility index (Phi) is 5.02. The van der Waals surface area contributed by atoms with Gasteiger partial charge < -0.3 is 10.4 Å². The molecule has 0 amide bonds. The third kappa shape index (κ3) is 5.03. The summed E-state index contributed by atoms with van der Waals surface area (Å²) in [5.41, 5.74) is 1.58. The van der Waals surface area contributed by atoms with Crippen molar-refractivity contribution in [3.05, 3.63) is 29.8 Å². The average Bonchev–Trinajstić information content (AvgIpc) is 2.34. The predicted octanol–water partition coefficient (Wildman–Crippen LogP) is 2.47. The zero-order valence-electron chi connectivity index (χ0n) is 9.81. The molecule has 0 fully saturated rings. The quantitative estimate of drug-likeness (QED) is 0.790. The minimum Gasteiger partial charge on any atom is -0.481 e. The molecule has 1 unspecified atom stereocenters. The number of rotatable bonds is 6. The van der Waals surface area contributed by atoms with Gasteiger partial charge >= 0.3 is 5.97 Å². The number of aliphatic carboxylic acids is 1. The van der Waals surface area contributed by atoms with Crippen LogP contribution in [0, 0.1) is 17.2 Å². The van der Waals surface area contributed by atoms with Crippen LogP contribution in [0.3, 0.4) is 0 Å². The molecule has 1 atom stereocenters. The largest absolute Gasteiger partial charge is 0.481 e. The van der Waals surface area contributed by atoms with E-state index in [4.69, 9.17) is 10.4 Å². The van der Waals surface area contributed by atoms with Crippen LogP contribution in [0.15, 0.2) is 24.3 Å². The number of benzene rings is 1. The fourth-order valence-corrected chi connectivity index (χ4v) is 1.43. The lowest BCUT2D eigenvalue weighted by Crippen LogP contribution is -2.12. The van der Waals surface area contributed by atoms with Gasteiger partial charge in [-0.1, -0.05) is 6.92 Å². The molecule has 0 aliphatic heterocycles. The van der Waals surface area contributed by atoms with Crippen LogP contribution in [-0.4, -0.2) is 17.6 Å². The molecule has 0 aromatic heterocycles. The van der Waals surface area contributed by atoms with Gasteiger partial charge in [0.05, 0.1) is 11.6 Å². The van der Waals surface area contributed by atoms with E-state index in [2.05, 4.69) is 11.4 Å². The standard InChI is InChI=1S/C13H16N2O2/c1-10(2-7-13(16)17)9-15-12-5-3-11(8-14)4-6-12/h3-6,10,15H,2,7,9H2,1H3,(H,16,17). The minimum absolute atomic E-state index is 0.205. The molecular weight excluding hydrogens is 216 g/mol. The van der Waals surface area contributed by atoms with Crippen molar-refractivity contribution in [3.8, 4) is 6.07 Å². The SMILES string of the molecule is CC(CCC(=O)O)CNc1ccc(C#N)cc1. The molecule has 0 saturated carbocycles. The second kappa shape index (κ2) is 6.54. The summed E-state index contributed by atoms with van der Waals surface area (Å²) in [5.74, 6) is -0.447. The van der Waals surface area contributed by atoms with E-state index in [1.165, 1.54) is 0 Å². The summed E-state index contributed by atoms with van der Waals surface area (Å²) in [6.07, 6.45) is 0.870. The molecule has 0 spiro atoms. The number of hydrogen-bond donors (Lipinski definition) is 2. The highest BCUT2D eigenvalue weighted by Gasteiger charge is 2.05. The van der Waals surface area contributed by atoms with Crippen LogP contribution in [-0.2, 0) is 4.79 Å². The number of carboxylic acids is 1. The Labute approximate surface area is 101 Å². The van der Waals surface area contributed by atoms with E-state index in [0.717, 1.165) is 12.2 Å². The second-order valence-electron chi connectivity index (χ2n) is 4.11. The number of carboxylic acid groups (broad SMARTS) is 1. The number of nitriles is 1. The molecule has 1 aromatic rings. The Morgan fingerprint density at radius 3 is 2.65 bits per heavy atom. The van der Waals surface area contributed by atoms with Gasteiger partial charge in [-0.3, -0.25) is 4.79 Å². The van der Waals surface area contributed by atoms with Crippen molar-refractivity contribution in [1.82, 2.24) is 0 Å². The van der Waals surface area contributed by atoms with Crippen LogP contribution in [0.4, 0.5) is 5.69 Å². The summed E-state index contributed by atoms with van der Waals surface area (Å²) in [7, 11) is 0. The third-order valence-corrected chi connectivity index (χ3v) is 2.52. The summed E-state index contributed by atoms with van der Waals surface area (Å²) in [4.78, 5) is 10.4. The predicted molar refractivity (Wildman–Crippen MR) is 65.7 cm³/mol. The van der Waals surface area contributed by atoms with Gasteiger partial charge in [0.1, 0.15) is 0 Å². The highest BCUT2D eigenvalue weighted by Crippen LogP contribution is 2.11. The first-order valence-corrected chi connectivity index (χ1v) is 5.57. The summed E-state index contributed by atoms with van der Waals surface area (Å²) in [6.45, 7) is 2.75. The van der Waals surface area contributed by atoms with Crippen molar-refractivity contribution in [2.45, 2.75) is 19.8 Å². The summed E-state index contributed by atoms with van der Waals surface area (Å²) < 4.78 is 0. The molecule has 17 heavy (non-hydrogen) atoms. The van der Waals surface area contributed by atoms with Crippen molar-refractivity contribution in [3.63, 3.8) is 0 Å². The van der Waals surface area contributed by atoms with Crippen LogP contribution in [0.2, 0.25) is 0 Å². The zero-order valence-corrected chi connectivity index (χ0v) is 9.81. The van der Waals surface area contributed by atoms with Gasteiger partial charge in [-0.05, 0) is 36.6 Å². The van der Waals surface area contributed by atoms with E-state index in [9.17, 15) is 4.79 Å². The van der Waals surface area contributed by atoms with Crippen molar-refractivity contribution >= 4 is 11.7 Å². The minimum atomic E-state index is -0.754. The molecule has 0 saturated heterocycles. The molecule has 0 heterocycles. The Bertz CT molecular complexity index is 406. The van der Waals surface area contributed by atoms with Crippen LogP contribution in [0.5, 0.6) is 0 Å². The lowest BCUT2D eigenvalue weighted by molar-refractivity contribution is -0.137. The van der Waals surface area contributed by atoms with Crippen LogP contribution >= 0.6 is 0 Å². The maximum atomic E-state index is 10.4. The van der Waals surface area contributed by atoms with Gasteiger partial charge in [0, 0.05) is 18.7 Å². The Hall–Kier alpha value is -2.02. The summed E-state index contributed by atoms with van der Waals surface area (Å²) in [5, 5.41) is 20.4. The van der Waals surface area contributed by atoms with E-state index >= 15 is 0 Å². The first-order valence-electron chi connectivity index (χ1n) is 5.57. The number of anilines is 1. The molecular formula is C13H16N2O2. The highest BCUT2D eigenvalue weighted by atomic mass is 16.4. The topological polar surface area (TPSA) is 73.1 Å². The van der Waals surface area contributed by atoms with Crippen LogP contribution < -0.4 is 5.32 Å². The van der Waals surface area contributed by atoms with Crippen molar-refractivity contribution in [2.24, 2.45) is 5.92 Å². The molecule has 0 bridgehead atoms. The Morgan fingerprint density at radius 1 is 1.47 bits per heavy atom. The van der Waals surface area contributed by atoms with Gasteiger partial charge in [0.2, 0.25) is 0 Å². The molecule has 4 heteroatoms. The molecule has 2 N–H and O–H groups in total. The first kappa shape index (κ1) is 13.0. The number of nitrogens with zero attached hydrogens (tertiary/aromatic N) is 1. The van der Waals surface area contributed by atoms with Crippen molar-refractivity contribution in [1.29, 1.82) is 5.26 Å². The van der Waals surface area contributed by atoms with Crippen molar-refractivity contribution in [2.75, 3.05) is 11.9 Å². The van der Waals surface area contributed by atoms with Crippen molar-refractivity contribution < 1.29 is 9.90 Å². The van der Waals surface area contributed by atoms with E-state index in [1.807, 2.05) is 19.1 Å². The summed E-state index contributed by atoms with van der Waals surface area (Å²) in [6, 6.07) is 9.27. The maximum absolute atomic E-state index is 10.4. The molecule has 0 radical (unpaired) electrons.